The van der Waals surface area contributed by atoms with E-state index in [1.54, 1.807) is 0 Å². The molecule has 0 radical (unpaired) electrons. The SMILES string of the molecule is NCCOCCN(CC(=O)O)CC(=O)O. The number of aliphatic carboxylic acids is 2. The predicted octanol–water partition coefficient (Wildman–Crippen LogP) is -1.57. The van der Waals surface area contributed by atoms with Crippen LogP contribution in [-0.4, -0.2) is 66.4 Å². The lowest BCUT2D eigenvalue weighted by atomic mass is 10.4. The Hall–Kier alpha value is -1.18. The van der Waals surface area contributed by atoms with Gasteiger partial charge in [-0.2, -0.15) is 0 Å². The van der Waals surface area contributed by atoms with Gasteiger partial charge in [0.25, 0.3) is 0 Å². The van der Waals surface area contributed by atoms with Gasteiger partial charge in [0.05, 0.1) is 26.3 Å². The quantitative estimate of drug-likeness (QED) is 0.402. The average molecular weight is 220 g/mol. The van der Waals surface area contributed by atoms with Crippen molar-refractivity contribution >= 4 is 11.9 Å². The van der Waals surface area contributed by atoms with Crippen LogP contribution in [-0.2, 0) is 14.3 Å². The second kappa shape index (κ2) is 8.16. The van der Waals surface area contributed by atoms with Gasteiger partial charge in [-0.15, -0.1) is 0 Å². The second-order valence-electron chi connectivity index (χ2n) is 2.90. The van der Waals surface area contributed by atoms with Crippen molar-refractivity contribution in [2.75, 3.05) is 39.4 Å². The van der Waals surface area contributed by atoms with E-state index in [9.17, 15) is 9.59 Å². The molecule has 7 heteroatoms. The predicted molar refractivity (Wildman–Crippen MR) is 51.6 cm³/mol. The number of hydrogen-bond donors (Lipinski definition) is 3. The molecule has 0 aromatic rings. The maximum atomic E-state index is 10.4. The molecule has 0 heterocycles. The molecule has 0 bridgehead atoms. The molecule has 0 saturated heterocycles. The summed E-state index contributed by atoms with van der Waals surface area (Å²) in [4.78, 5) is 22.0. The van der Waals surface area contributed by atoms with Crippen LogP contribution in [0.2, 0.25) is 0 Å². The van der Waals surface area contributed by atoms with Gasteiger partial charge in [-0.1, -0.05) is 0 Å². The minimum atomic E-state index is -1.06. The Morgan fingerprint density at radius 2 is 1.67 bits per heavy atom. The van der Waals surface area contributed by atoms with E-state index in [0.717, 1.165) is 0 Å². The van der Waals surface area contributed by atoms with Crippen LogP contribution in [0.5, 0.6) is 0 Å². The van der Waals surface area contributed by atoms with Gasteiger partial charge < -0.3 is 20.7 Å². The Kier molecular flexibility index (Phi) is 7.51. The molecule has 0 aromatic heterocycles. The third kappa shape index (κ3) is 9.13. The molecule has 0 aliphatic rings. The number of hydrogen-bond acceptors (Lipinski definition) is 5. The van der Waals surface area contributed by atoms with Crippen LogP contribution in [0.25, 0.3) is 0 Å². The summed E-state index contributed by atoms with van der Waals surface area (Å²) in [6, 6.07) is 0. The van der Waals surface area contributed by atoms with Gasteiger partial charge in [0.15, 0.2) is 0 Å². The van der Waals surface area contributed by atoms with Crippen LogP contribution in [0.1, 0.15) is 0 Å². The van der Waals surface area contributed by atoms with Gasteiger partial charge in [0.1, 0.15) is 0 Å². The van der Waals surface area contributed by atoms with Gasteiger partial charge in [-0.25, -0.2) is 0 Å². The number of carboxylic acids is 2. The number of nitrogens with two attached hydrogens (primary N) is 1. The molecule has 0 saturated carbocycles. The summed E-state index contributed by atoms with van der Waals surface area (Å²) in [6.45, 7) is 0.693. The van der Waals surface area contributed by atoms with Crippen molar-refractivity contribution in [3.8, 4) is 0 Å². The summed E-state index contributed by atoms with van der Waals surface area (Å²) < 4.78 is 5.02. The van der Waals surface area contributed by atoms with Crippen molar-refractivity contribution in [1.29, 1.82) is 0 Å². The maximum Gasteiger partial charge on any atom is 0.317 e. The van der Waals surface area contributed by atoms with Crippen LogP contribution >= 0.6 is 0 Å². The molecular weight excluding hydrogens is 204 g/mol. The first kappa shape index (κ1) is 13.8. The van der Waals surface area contributed by atoms with E-state index in [-0.39, 0.29) is 26.2 Å². The van der Waals surface area contributed by atoms with E-state index < -0.39 is 11.9 Å². The minimum Gasteiger partial charge on any atom is -0.480 e. The molecule has 7 nitrogen and oxygen atoms in total. The number of ether oxygens (including phenoxy) is 1. The average Bonchev–Trinajstić information content (AvgIpc) is 2.10. The van der Waals surface area contributed by atoms with Crippen molar-refractivity contribution < 1.29 is 24.5 Å². The highest BCUT2D eigenvalue weighted by Gasteiger charge is 2.12. The van der Waals surface area contributed by atoms with Crippen molar-refractivity contribution in [1.82, 2.24) is 4.90 Å². The molecular formula is C8H16N2O5. The Labute approximate surface area is 87.4 Å². The van der Waals surface area contributed by atoms with Crippen LogP contribution in [0.3, 0.4) is 0 Å². The summed E-state index contributed by atoms with van der Waals surface area (Å²) in [6.07, 6.45) is 0. The van der Waals surface area contributed by atoms with Gasteiger partial charge in [0, 0.05) is 13.1 Å². The fraction of sp³-hybridized carbons (Fsp3) is 0.750. The Morgan fingerprint density at radius 3 is 2.07 bits per heavy atom. The van der Waals surface area contributed by atoms with Crippen molar-refractivity contribution in [2.45, 2.75) is 0 Å². The molecule has 0 atom stereocenters. The topological polar surface area (TPSA) is 113 Å². The zero-order chi connectivity index (χ0) is 11.7. The molecule has 0 aromatic carbocycles. The third-order valence-corrected chi connectivity index (χ3v) is 1.53. The molecule has 15 heavy (non-hydrogen) atoms. The molecule has 0 amide bonds. The first-order valence-corrected chi connectivity index (χ1v) is 4.50. The number of carbonyl (C=O) groups is 2. The fourth-order valence-electron chi connectivity index (χ4n) is 0.976. The lowest BCUT2D eigenvalue weighted by molar-refractivity contribution is -0.142. The standard InChI is InChI=1S/C8H16N2O5/c9-1-3-15-4-2-10(5-7(11)12)6-8(13)14/h1-6,9H2,(H,11,12)(H,13,14). The lowest BCUT2D eigenvalue weighted by Gasteiger charge is -2.17. The smallest absolute Gasteiger partial charge is 0.317 e. The third-order valence-electron chi connectivity index (χ3n) is 1.53. The normalized spacial score (nSPS) is 10.5. The van der Waals surface area contributed by atoms with E-state index in [2.05, 4.69) is 0 Å². The first-order chi connectivity index (χ1) is 7.06. The molecule has 0 spiro atoms. The highest BCUT2D eigenvalue weighted by molar-refractivity contribution is 5.72. The largest absolute Gasteiger partial charge is 0.480 e. The molecule has 0 aliphatic carbocycles. The summed E-state index contributed by atoms with van der Waals surface area (Å²) in [7, 11) is 0. The maximum absolute atomic E-state index is 10.4. The summed E-state index contributed by atoms with van der Waals surface area (Å²) in [5.41, 5.74) is 5.18. The summed E-state index contributed by atoms with van der Waals surface area (Å²) in [5.74, 6) is -2.12. The van der Waals surface area contributed by atoms with Crippen LogP contribution in [0, 0.1) is 0 Å². The minimum absolute atomic E-state index is 0.262. The summed E-state index contributed by atoms with van der Waals surface area (Å²) in [5, 5.41) is 17.0. The van der Waals surface area contributed by atoms with E-state index in [1.807, 2.05) is 0 Å². The van der Waals surface area contributed by atoms with Crippen LogP contribution in [0.4, 0.5) is 0 Å². The Balaban J connectivity index is 3.79. The van der Waals surface area contributed by atoms with E-state index in [1.165, 1.54) is 4.90 Å². The Bertz CT molecular complexity index is 193. The monoisotopic (exact) mass is 220 g/mol. The molecule has 4 N–H and O–H groups in total. The molecule has 88 valence electrons. The number of carboxylic acid groups (broad SMARTS) is 2. The second-order valence-corrected chi connectivity index (χ2v) is 2.90. The highest BCUT2D eigenvalue weighted by Crippen LogP contribution is 1.89. The molecule has 0 fully saturated rings. The van der Waals surface area contributed by atoms with Crippen molar-refractivity contribution in [3.63, 3.8) is 0 Å². The molecule has 0 rings (SSSR count). The van der Waals surface area contributed by atoms with Crippen molar-refractivity contribution in [3.05, 3.63) is 0 Å². The van der Waals surface area contributed by atoms with Crippen molar-refractivity contribution in [2.24, 2.45) is 5.73 Å². The first-order valence-electron chi connectivity index (χ1n) is 4.50. The molecule has 0 unspecified atom stereocenters. The highest BCUT2D eigenvalue weighted by atomic mass is 16.5. The fourth-order valence-corrected chi connectivity index (χ4v) is 0.976. The number of rotatable bonds is 9. The van der Waals surface area contributed by atoms with E-state index in [0.29, 0.717) is 13.2 Å². The van der Waals surface area contributed by atoms with E-state index >= 15 is 0 Å². The van der Waals surface area contributed by atoms with Crippen LogP contribution in [0.15, 0.2) is 0 Å². The lowest BCUT2D eigenvalue weighted by Crippen LogP contribution is -2.37. The van der Waals surface area contributed by atoms with Gasteiger partial charge >= 0.3 is 11.9 Å². The van der Waals surface area contributed by atoms with Gasteiger partial charge in [-0.3, -0.25) is 14.5 Å². The molecule has 0 aliphatic heterocycles. The van der Waals surface area contributed by atoms with Crippen LogP contribution < -0.4 is 5.73 Å². The summed E-state index contributed by atoms with van der Waals surface area (Å²) >= 11 is 0. The van der Waals surface area contributed by atoms with Gasteiger partial charge in [-0.05, 0) is 0 Å². The van der Waals surface area contributed by atoms with E-state index in [4.69, 9.17) is 20.7 Å². The Morgan fingerprint density at radius 1 is 1.13 bits per heavy atom. The zero-order valence-corrected chi connectivity index (χ0v) is 8.39. The number of nitrogens with zero attached hydrogens (tertiary/aromatic N) is 1. The van der Waals surface area contributed by atoms with Gasteiger partial charge in [0.2, 0.25) is 0 Å². The zero-order valence-electron chi connectivity index (χ0n) is 8.39.